The molecular formula is C17H32IN5S2. The number of aromatic nitrogens is 1. The summed E-state index contributed by atoms with van der Waals surface area (Å²) in [6.07, 6.45) is 5.58. The first kappa shape index (κ1) is 23.0. The molecule has 144 valence electrons. The topological polar surface area (TPSA) is 43.8 Å². The first-order chi connectivity index (χ1) is 11.7. The second-order valence-electron chi connectivity index (χ2n) is 6.04. The van der Waals surface area contributed by atoms with Gasteiger partial charge >= 0.3 is 0 Å². The zero-order chi connectivity index (χ0) is 17.2. The molecule has 0 amide bonds. The van der Waals surface area contributed by atoms with E-state index >= 15 is 0 Å². The highest BCUT2D eigenvalue weighted by molar-refractivity contribution is 14.0. The van der Waals surface area contributed by atoms with Crippen molar-refractivity contribution in [3.05, 3.63) is 11.6 Å². The number of hydrogen-bond donors (Lipinski definition) is 1. The van der Waals surface area contributed by atoms with Crippen LogP contribution in [0, 0.1) is 0 Å². The van der Waals surface area contributed by atoms with E-state index in [4.69, 9.17) is 4.99 Å². The molecule has 0 aliphatic carbocycles. The molecule has 0 spiro atoms. The third-order valence-corrected chi connectivity index (χ3v) is 6.34. The highest BCUT2D eigenvalue weighted by Gasteiger charge is 2.24. The summed E-state index contributed by atoms with van der Waals surface area (Å²) in [6.45, 7) is 9.64. The minimum Gasteiger partial charge on any atom is -0.357 e. The third kappa shape index (κ3) is 8.01. The number of likely N-dealkylation sites (N-methyl/N-ethyl adjacent to an activating group) is 2. The molecule has 1 N–H and O–H groups in total. The van der Waals surface area contributed by atoms with Gasteiger partial charge in [-0.3, -0.25) is 9.89 Å². The van der Waals surface area contributed by atoms with Crippen LogP contribution in [-0.2, 0) is 0 Å². The van der Waals surface area contributed by atoms with Gasteiger partial charge in [-0.05, 0) is 39.3 Å². The molecule has 1 aromatic rings. The highest BCUT2D eigenvalue weighted by atomic mass is 127. The number of thiazole rings is 1. The Kier molecular flexibility index (Phi) is 12.1. The number of nitrogens with zero attached hydrogens (tertiary/aromatic N) is 4. The van der Waals surface area contributed by atoms with Gasteiger partial charge in [0.25, 0.3) is 0 Å². The summed E-state index contributed by atoms with van der Waals surface area (Å²) in [5.41, 5.74) is 0. The van der Waals surface area contributed by atoms with Crippen LogP contribution in [0.25, 0.3) is 0 Å². The smallest absolute Gasteiger partial charge is 0.193 e. The average Bonchev–Trinajstić information content (AvgIpc) is 3.24. The molecule has 1 aromatic heterocycles. The minimum atomic E-state index is 0. The number of aliphatic imine (C=N–C) groups is 1. The second-order valence-corrected chi connectivity index (χ2v) is 8.28. The average molecular weight is 498 g/mol. The van der Waals surface area contributed by atoms with Crippen LogP contribution < -0.4 is 5.32 Å². The number of thioether (sulfide) groups is 1. The van der Waals surface area contributed by atoms with Crippen molar-refractivity contribution in [1.29, 1.82) is 0 Å². The van der Waals surface area contributed by atoms with Crippen molar-refractivity contribution in [3.63, 3.8) is 0 Å². The predicted octanol–water partition coefficient (Wildman–Crippen LogP) is 3.62. The van der Waals surface area contributed by atoms with Gasteiger partial charge < -0.3 is 10.2 Å². The molecule has 0 radical (unpaired) electrons. The molecule has 1 aliphatic heterocycles. The van der Waals surface area contributed by atoms with Crippen molar-refractivity contribution in [2.24, 2.45) is 4.99 Å². The molecular weight excluding hydrogens is 465 g/mol. The van der Waals surface area contributed by atoms with Crippen LogP contribution in [0.2, 0.25) is 0 Å². The molecule has 0 bridgehead atoms. The molecule has 2 rings (SSSR count). The summed E-state index contributed by atoms with van der Waals surface area (Å²) in [4.78, 5) is 14.0. The SMILES string of the molecule is CCNC(=NCCCSc1nccs1)N(C)CC1CCCN1CC.I. The van der Waals surface area contributed by atoms with E-state index in [9.17, 15) is 0 Å². The monoisotopic (exact) mass is 497 g/mol. The lowest BCUT2D eigenvalue weighted by molar-refractivity contribution is 0.232. The van der Waals surface area contributed by atoms with E-state index in [1.165, 1.54) is 19.4 Å². The fraction of sp³-hybridized carbons (Fsp3) is 0.765. The summed E-state index contributed by atoms with van der Waals surface area (Å²) in [7, 11) is 2.16. The lowest BCUT2D eigenvalue weighted by atomic mass is 10.2. The standard InChI is InChI=1S/C17H31N5S2.HI/c1-4-18-16(19-9-7-12-23-17-20-10-13-24-17)21(3)14-15-8-6-11-22(15)5-2;/h10,13,15H,4-9,11-12,14H2,1-3H3,(H,18,19);1H. The lowest BCUT2D eigenvalue weighted by Crippen LogP contribution is -2.46. The van der Waals surface area contributed by atoms with E-state index in [-0.39, 0.29) is 24.0 Å². The lowest BCUT2D eigenvalue weighted by Gasteiger charge is -2.29. The quantitative estimate of drug-likeness (QED) is 0.186. The Hall–Kier alpha value is -0.0600. The van der Waals surface area contributed by atoms with Gasteiger partial charge in [0.15, 0.2) is 5.96 Å². The van der Waals surface area contributed by atoms with Gasteiger partial charge in [0, 0.05) is 50.1 Å². The van der Waals surface area contributed by atoms with Crippen LogP contribution in [-0.4, -0.2) is 72.3 Å². The van der Waals surface area contributed by atoms with Gasteiger partial charge in [0.2, 0.25) is 0 Å². The number of hydrogen-bond acceptors (Lipinski definition) is 5. The second kappa shape index (κ2) is 13.2. The van der Waals surface area contributed by atoms with Crippen LogP contribution >= 0.6 is 47.1 Å². The Labute approximate surface area is 178 Å². The number of guanidine groups is 1. The maximum Gasteiger partial charge on any atom is 0.193 e. The molecule has 8 heteroatoms. The van der Waals surface area contributed by atoms with Gasteiger partial charge in [-0.2, -0.15) is 0 Å². The summed E-state index contributed by atoms with van der Waals surface area (Å²) < 4.78 is 1.16. The zero-order valence-electron chi connectivity index (χ0n) is 15.6. The Morgan fingerprint density at radius 2 is 2.36 bits per heavy atom. The molecule has 1 saturated heterocycles. The van der Waals surface area contributed by atoms with Crippen LogP contribution in [0.4, 0.5) is 0 Å². The van der Waals surface area contributed by atoms with E-state index < -0.39 is 0 Å². The molecule has 0 saturated carbocycles. The first-order valence-electron chi connectivity index (χ1n) is 9.00. The number of nitrogens with one attached hydrogen (secondary N) is 1. The number of halogens is 1. The maximum atomic E-state index is 4.81. The third-order valence-electron chi connectivity index (χ3n) is 4.29. The predicted molar refractivity (Wildman–Crippen MR) is 122 cm³/mol. The summed E-state index contributed by atoms with van der Waals surface area (Å²) in [5, 5.41) is 5.46. The van der Waals surface area contributed by atoms with Gasteiger partial charge in [-0.1, -0.05) is 18.7 Å². The van der Waals surface area contributed by atoms with Gasteiger partial charge in [0.1, 0.15) is 4.34 Å². The van der Waals surface area contributed by atoms with E-state index in [0.29, 0.717) is 6.04 Å². The van der Waals surface area contributed by atoms with E-state index in [0.717, 1.165) is 48.7 Å². The molecule has 0 aromatic carbocycles. The van der Waals surface area contributed by atoms with Crippen LogP contribution in [0.5, 0.6) is 0 Å². The Balaban J connectivity index is 0.00000312. The van der Waals surface area contributed by atoms with Crippen molar-refractivity contribution in [2.75, 3.05) is 45.5 Å². The summed E-state index contributed by atoms with van der Waals surface area (Å²) >= 11 is 3.54. The van der Waals surface area contributed by atoms with E-state index in [2.05, 4.69) is 41.0 Å². The van der Waals surface area contributed by atoms with Crippen molar-refractivity contribution < 1.29 is 0 Å². The maximum absolute atomic E-state index is 4.81. The molecule has 1 atom stereocenters. The fourth-order valence-electron chi connectivity index (χ4n) is 3.08. The van der Waals surface area contributed by atoms with E-state index in [1.54, 1.807) is 11.3 Å². The van der Waals surface area contributed by atoms with Crippen molar-refractivity contribution >= 4 is 53.0 Å². The Bertz CT molecular complexity index is 483. The Morgan fingerprint density at radius 3 is 3.04 bits per heavy atom. The molecule has 1 fully saturated rings. The molecule has 1 aliphatic rings. The zero-order valence-corrected chi connectivity index (χ0v) is 19.6. The highest BCUT2D eigenvalue weighted by Crippen LogP contribution is 2.20. The Morgan fingerprint density at radius 1 is 1.52 bits per heavy atom. The van der Waals surface area contributed by atoms with E-state index in [1.807, 2.05) is 23.3 Å². The van der Waals surface area contributed by atoms with Crippen molar-refractivity contribution in [2.45, 2.75) is 43.5 Å². The largest absolute Gasteiger partial charge is 0.357 e. The van der Waals surface area contributed by atoms with Gasteiger partial charge in [0.05, 0.1) is 0 Å². The molecule has 1 unspecified atom stereocenters. The van der Waals surface area contributed by atoms with Gasteiger partial charge in [-0.15, -0.1) is 35.3 Å². The van der Waals surface area contributed by atoms with Crippen LogP contribution in [0.3, 0.4) is 0 Å². The minimum absolute atomic E-state index is 0. The van der Waals surface area contributed by atoms with Crippen LogP contribution in [0.1, 0.15) is 33.1 Å². The normalized spacial score (nSPS) is 18.2. The fourth-order valence-corrected chi connectivity index (χ4v) is 4.71. The van der Waals surface area contributed by atoms with Gasteiger partial charge in [-0.25, -0.2) is 4.98 Å². The molecule has 25 heavy (non-hydrogen) atoms. The van der Waals surface area contributed by atoms with Crippen molar-refractivity contribution in [1.82, 2.24) is 20.1 Å². The molecule has 2 heterocycles. The number of likely N-dealkylation sites (tertiary alicyclic amines) is 1. The van der Waals surface area contributed by atoms with Crippen molar-refractivity contribution in [3.8, 4) is 0 Å². The first-order valence-corrected chi connectivity index (χ1v) is 10.9. The molecule has 5 nitrogen and oxygen atoms in total. The number of rotatable bonds is 9. The van der Waals surface area contributed by atoms with Crippen LogP contribution in [0.15, 0.2) is 20.9 Å². The summed E-state index contributed by atoms with van der Waals surface area (Å²) in [5.74, 6) is 2.12. The summed E-state index contributed by atoms with van der Waals surface area (Å²) in [6, 6.07) is 0.671.